The maximum atomic E-state index is 13.0. The number of rotatable bonds is 2. The first-order chi connectivity index (χ1) is 7.89. The zero-order valence-corrected chi connectivity index (χ0v) is 10.6. The predicted molar refractivity (Wildman–Crippen MR) is 59.8 cm³/mol. The van der Waals surface area contributed by atoms with Gasteiger partial charge in [-0.15, -0.1) is 0 Å². The summed E-state index contributed by atoms with van der Waals surface area (Å²) < 4.78 is 31.4. The van der Waals surface area contributed by atoms with Crippen molar-refractivity contribution in [3.63, 3.8) is 0 Å². The molecule has 6 heteroatoms. The number of pyridine rings is 1. The van der Waals surface area contributed by atoms with Gasteiger partial charge in [0.2, 0.25) is 0 Å². The van der Waals surface area contributed by atoms with Crippen molar-refractivity contribution in [3.8, 4) is 0 Å². The lowest BCUT2D eigenvalue weighted by molar-refractivity contribution is -0.177. The summed E-state index contributed by atoms with van der Waals surface area (Å²) in [6.45, 7) is 0. The Hall–Kier alpha value is -1.04. The fourth-order valence-corrected chi connectivity index (χ4v) is 2.35. The number of carbonyl (C=O) groups is 1. The molecule has 17 heavy (non-hydrogen) atoms. The first-order valence-electron chi connectivity index (χ1n) is 4.98. The van der Waals surface area contributed by atoms with Crippen molar-refractivity contribution in [3.05, 3.63) is 28.5 Å². The summed E-state index contributed by atoms with van der Waals surface area (Å²) in [6, 6.07) is 3.24. The van der Waals surface area contributed by atoms with Gasteiger partial charge in [0, 0.05) is 23.5 Å². The van der Waals surface area contributed by atoms with Gasteiger partial charge < -0.3 is 4.74 Å². The highest BCUT2D eigenvalue weighted by Crippen LogP contribution is 2.53. The summed E-state index contributed by atoms with van der Waals surface area (Å²) in [4.78, 5) is 15.7. The lowest BCUT2D eigenvalue weighted by Gasteiger charge is -2.44. The lowest BCUT2D eigenvalue weighted by atomic mass is 9.64. The molecule has 0 N–H and O–H groups in total. The summed E-state index contributed by atoms with van der Waals surface area (Å²) in [5.41, 5.74) is -0.961. The maximum absolute atomic E-state index is 13.0. The zero-order valence-electron chi connectivity index (χ0n) is 9.04. The topological polar surface area (TPSA) is 39.2 Å². The Morgan fingerprint density at radius 3 is 2.53 bits per heavy atom. The Morgan fingerprint density at radius 1 is 1.47 bits per heavy atom. The largest absolute Gasteiger partial charge is 0.468 e. The van der Waals surface area contributed by atoms with Gasteiger partial charge in [0.15, 0.2) is 0 Å². The molecule has 0 radical (unpaired) electrons. The highest BCUT2D eigenvalue weighted by Gasteiger charge is 2.63. The Morgan fingerprint density at radius 2 is 2.12 bits per heavy atom. The van der Waals surface area contributed by atoms with Crippen LogP contribution in [0.15, 0.2) is 22.8 Å². The van der Waals surface area contributed by atoms with Crippen LogP contribution in [0.1, 0.15) is 18.5 Å². The van der Waals surface area contributed by atoms with Crippen LogP contribution < -0.4 is 0 Å². The van der Waals surface area contributed by atoms with E-state index in [-0.39, 0.29) is 0 Å². The van der Waals surface area contributed by atoms with Crippen LogP contribution in [0.2, 0.25) is 0 Å². The van der Waals surface area contributed by atoms with E-state index in [1.807, 2.05) is 0 Å². The third-order valence-corrected chi connectivity index (χ3v) is 3.38. The average molecular weight is 306 g/mol. The Balaban J connectivity index is 2.36. The van der Waals surface area contributed by atoms with Crippen molar-refractivity contribution in [2.45, 2.75) is 24.2 Å². The highest BCUT2D eigenvalue weighted by atomic mass is 79.9. The quantitative estimate of drug-likeness (QED) is 0.789. The minimum Gasteiger partial charge on any atom is -0.468 e. The van der Waals surface area contributed by atoms with Crippen LogP contribution >= 0.6 is 15.9 Å². The van der Waals surface area contributed by atoms with Crippen LogP contribution in [-0.4, -0.2) is 24.0 Å². The van der Waals surface area contributed by atoms with E-state index in [4.69, 9.17) is 0 Å². The Bertz CT molecular complexity index is 439. The number of esters is 1. The third kappa shape index (κ3) is 2.06. The predicted octanol–water partition coefficient (Wildman–Crippen LogP) is 2.68. The lowest BCUT2D eigenvalue weighted by Crippen LogP contribution is -2.55. The molecule has 2 rings (SSSR count). The molecule has 1 aromatic rings. The van der Waals surface area contributed by atoms with Crippen molar-refractivity contribution in [2.75, 3.05) is 7.11 Å². The summed E-state index contributed by atoms with van der Waals surface area (Å²) in [7, 11) is 1.19. The highest BCUT2D eigenvalue weighted by molar-refractivity contribution is 9.10. The van der Waals surface area contributed by atoms with Crippen molar-refractivity contribution in [1.82, 2.24) is 4.98 Å². The molecule has 1 saturated carbocycles. The minimum absolute atomic E-state index is 0.332. The van der Waals surface area contributed by atoms with Crippen LogP contribution in [0.4, 0.5) is 8.78 Å². The standard InChI is InChI=1S/C11H10BrF2NO2/c1-17-9(16)10(5-11(13,14)6-10)8-3-2-7(12)4-15-8/h2-4H,5-6H2,1H3. The molecule has 0 amide bonds. The second-order valence-electron chi connectivity index (χ2n) is 4.14. The van der Waals surface area contributed by atoms with Gasteiger partial charge in [0.25, 0.3) is 5.92 Å². The Kier molecular flexibility index (Phi) is 2.93. The fraction of sp³-hybridized carbons (Fsp3) is 0.455. The van der Waals surface area contributed by atoms with Crippen LogP contribution in [0.25, 0.3) is 0 Å². The molecule has 0 unspecified atom stereocenters. The Labute approximate surface area is 105 Å². The molecule has 0 spiro atoms. The smallest absolute Gasteiger partial charge is 0.318 e. The first kappa shape index (κ1) is 12.4. The molecule has 0 atom stereocenters. The summed E-state index contributed by atoms with van der Waals surface area (Å²) in [6.07, 6.45) is 0.402. The summed E-state index contributed by atoms with van der Waals surface area (Å²) in [5.74, 6) is -3.47. The van der Waals surface area contributed by atoms with E-state index in [0.29, 0.717) is 5.69 Å². The van der Waals surface area contributed by atoms with Crippen molar-refractivity contribution >= 4 is 21.9 Å². The van der Waals surface area contributed by atoms with Gasteiger partial charge in [0.1, 0.15) is 5.41 Å². The number of methoxy groups -OCH3 is 1. The average Bonchev–Trinajstić information content (AvgIpc) is 2.25. The molecule has 1 aliphatic carbocycles. The monoisotopic (exact) mass is 305 g/mol. The molecule has 3 nitrogen and oxygen atoms in total. The molecule has 1 fully saturated rings. The number of alkyl halides is 2. The van der Waals surface area contributed by atoms with Crippen molar-refractivity contribution in [1.29, 1.82) is 0 Å². The number of hydrogen-bond donors (Lipinski definition) is 0. The molecule has 92 valence electrons. The van der Waals surface area contributed by atoms with E-state index in [9.17, 15) is 13.6 Å². The molecule has 0 aromatic carbocycles. The number of aromatic nitrogens is 1. The number of halogens is 3. The SMILES string of the molecule is COC(=O)C1(c2ccc(Br)cn2)CC(F)(F)C1. The van der Waals surface area contributed by atoms with Gasteiger partial charge in [-0.25, -0.2) is 8.78 Å². The normalized spacial score (nSPS) is 20.5. The van der Waals surface area contributed by atoms with E-state index >= 15 is 0 Å². The summed E-state index contributed by atoms with van der Waals surface area (Å²) in [5, 5.41) is 0. The number of nitrogens with zero attached hydrogens (tertiary/aromatic N) is 1. The third-order valence-electron chi connectivity index (χ3n) is 2.91. The van der Waals surface area contributed by atoms with E-state index in [0.717, 1.165) is 4.47 Å². The van der Waals surface area contributed by atoms with E-state index < -0.39 is 30.1 Å². The second kappa shape index (κ2) is 4.01. The van der Waals surface area contributed by atoms with Crippen LogP contribution in [0, 0.1) is 0 Å². The van der Waals surface area contributed by atoms with Crippen molar-refractivity contribution < 1.29 is 18.3 Å². The maximum Gasteiger partial charge on any atom is 0.318 e. The van der Waals surface area contributed by atoms with Crippen LogP contribution in [0.3, 0.4) is 0 Å². The first-order valence-corrected chi connectivity index (χ1v) is 5.77. The molecule has 0 saturated heterocycles. The second-order valence-corrected chi connectivity index (χ2v) is 5.06. The number of carbonyl (C=O) groups excluding carboxylic acids is 1. The van der Waals surface area contributed by atoms with Crippen LogP contribution in [0.5, 0.6) is 0 Å². The van der Waals surface area contributed by atoms with E-state index in [2.05, 4.69) is 25.7 Å². The van der Waals surface area contributed by atoms with Crippen LogP contribution in [-0.2, 0) is 14.9 Å². The zero-order chi connectivity index (χ0) is 12.7. The molecular formula is C11H10BrF2NO2. The van der Waals surface area contributed by atoms with Gasteiger partial charge in [-0.1, -0.05) is 0 Å². The fourth-order valence-electron chi connectivity index (χ4n) is 2.12. The van der Waals surface area contributed by atoms with E-state index in [1.54, 1.807) is 12.1 Å². The van der Waals surface area contributed by atoms with Gasteiger partial charge in [-0.3, -0.25) is 9.78 Å². The number of hydrogen-bond acceptors (Lipinski definition) is 3. The molecule has 0 aliphatic heterocycles. The van der Waals surface area contributed by atoms with Gasteiger partial charge in [-0.05, 0) is 28.1 Å². The molecule has 1 heterocycles. The molecule has 0 bridgehead atoms. The van der Waals surface area contributed by atoms with Gasteiger partial charge in [-0.2, -0.15) is 0 Å². The van der Waals surface area contributed by atoms with Gasteiger partial charge in [0.05, 0.1) is 12.8 Å². The molecule has 1 aromatic heterocycles. The van der Waals surface area contributed by atoms with E-state index in [1.165, 1.54) is 13.3 Å². The van der Waals surface area contributed by atoms with Crippen molar-refractivity contribution in [2.24, 2.45) is 0 Å². The molecule has 1 aliphatic rings. The minimum atomic E-state index is -2.82. The summed E-state index contributed by atoms with van der Waals surface area (Å²) >= 11 is 3.20. The molecular weight excluding hydrogens is 296 g/mol. The van der Waals surface area contributed by atoms with Gasteiger partial charge >= 0.3 is 5.97 Å². The number of ether oxygens (including phenoxy) is 1.